The number of ether oxygens (including phenoxy) is 2. The van der Waals surface area contributed by atoms with E-state index in [4.69, 9.17) is 15.2 Å². The molecule has 0 aliphatic carbocycles. The summed E-state index contributed by atoms with van der Waals surface area (Å²) in [4.78, 5) is 18.0. The normalized spacial score (nSPS) is 18.0. The number of methoxy groups -OCH3 is 1. The number of nitrogens with two attached hydrogens (primary N) is 1. The van der Waals surface area contributed by atoms with Crippen LogP contribution in [0.3, 0.4) is 0 Å². The highest BCUT2D eigenvalue weighted by Crippen LogP contribution is 2.31. The van der Waals surface area contributed by atoms with E-state index in [1.165, 1.54) is 0 Å². The van der Waals surface area contributed by atoms with Crippen molar-refractivity contribution < 1.29 is 14.3 Å². The Morgan fingerprint density at radius 1 is 1.32 bits per heavy atom. The van der Waals surface area contributed by atoms with Crippen molar-refractivity contribution in [2.75, 3.05) is 20.2 Å². The molecule has 0 unspecified atom stereocenters. The largest absolute Gasteiger partial charge is 0.481 e. The Labute approximate surface area is 131 Å². The molecule has 0 atom stereocenters. The fourth-order valence-electron chi connectivity index (χ4n) is 2.50. The predicted molar refractivity (Wildman–Crippen MR) is 83.7 cm³/mol. The monoisotopic (exact) mass is 307 g/mol. The third kappa shape index (κ3) is 3.88. The van der Waals surface area contributed by atoms with Gasteiger partial charge in [-0.15, -0.1) is 0 Å². The molecule has 122 valence electrons. The van der Waals surface area contributed by atoms with Crippen molar-refractivity contribution in [3.63, 3.8) is 0 Å². The molecule has 1 saturated heterocycles. The number of hydrogen-bond acceptors (Lipinski definition) is 5. The van der Waals surface area contributed by atoms with Gasteiger partial charge in [0.05, 0.1) is 7.11 Å². The van der Waals surface area contributed by atoms with E-state index in [1.807, 2.05) is 32.9 Å². The van der Waals surface area contributed by atoms with Gasteiger partial charge in [-0.05, 0) is 39.2 Å². The summed E-state index contributed by atoms with van der Waals surface area (Å²) in [6.07, 6.45) is 2.84. The van der Waals surface area contributed by atoms with Crippen LogP contribution in [0.15, 0.2) is 18.3 Å². The summed E-state index contributed by atoms with van der Waals surface area (Å²) in [5.74, 6) is 0.568. The number of carbonyl (C=O) groups is 1. The second kappa shape index (κ2) is 6.12. The minimum atomic E-state index is -0.478. The van der Waals surface area contributed by atoms with Gasteiger partial charge in [0.15, 0.2) is 0 Å². The third-order valence-electron chi connectivity index (χ3n) is 3.83. The molecule has 0 spiro atoms. The molecule has 0 bridgehead atoms. The quantitative estimate of drug-likeness (QED) is 0.907. The topological polar surface area (TPSA) is 77.7 Å². The zero-order valence-corrected chi connectivity index (χ0v) is 13.8. The molecule has 22 heavy (non-hydrogen) atoms. The van der Waals surface area contributed by atoms with Crippen molar-refractivity contribution in [2.45, 2.75) is 44.8 Å². The molecule has 0 radical (unpaired) electrons. The molecule has 0 aromatic carbocycles. The lowest BCUT2D eigenvalue weighted by Crippen LogP contribution is -2.50. The van der Waals surface area contributed by atoms with Crippen LogP contribution in [-0.4, -0.2) is 41.8 Å². The number of rotatable bonds is 2. The summed E-state index contributed by atoms with van der Waals surface area (Å²) in [7, 11) is 1.58. The molecule has 2 N–H and O–H groups in total. The summed E-state index contributed by atoms with van der Waals surface area (Å²) in [5.41, 5.74) is 6.53. The van der Waals surface area contributed by atoms with Gasteiger partial charge in [0.2, 0.25) is 5.88 Å². The van der Waals surface area contributed by atoms with E-state index in [2.05, 4.69) is 4.98 Å². The van der Waals surface area contributed by atoms with Crippen molar-refractivity contribution in [3.05, 3.63) is 23.9 Å². The van der Waals surface area contributed by atoms with Crippen molar-refractivity contribution in [1.29, 1.82) is 0 Å². The lowest BCUT2D eigenvalue weighted by atomic mass is 9.83. The van der Waals surface area contributed by atoms with Gasteiger partial charge in [0.1, 0.15) is 5.60 Å². The highest BCUT2D eigenvalue weighted by molar-refractivity contribution is 5.68. The second-order valence-corrected chi connectivity index (χ2v) is 6.71. The van der Waals surface area contributed by atoms with Crippen LogP contribution in [-0.2, 0) is 10.3 Å². The number of carbonyl (C=O) groups excluding carboxylic acids is 1. The van der Waals surface area contributed by atoms with Crippen LogP contribution in [0.25, 0.3) is 0 Å². The molecule has 6 nitrogen and oxygen atoms in total. The molecule has 1 amide bonds. The van der Waals surface area contributed by atoms with E-state index < -0.39 is 11.1 Å². The van der Waals surface area contributed by atoms with E-state index in [9.17, 15) is 4.79 Å². The lowest BCUT2D eigenvalue weighted by molar-refractivity contribution is 0.0166. The molecular weight excluding hydrogens is 282 g/mol. The molecule has 1 aliphatic rings. The van der Waals surface area contributed by atoms with Gasteiger partial charge in [0, 0.05) is 30.9 Å². The number of hydrogen-bond donors (Lipinski definition) is 1. The maximum absolute atomic E-state index is 12.1. The Balaban J connectivity index is 1.99. The fraction of sp³-hybridized carbons (Fsp3) is 0.625. The van der Waals surface area contributed by atoms with Crippen molar-refractivity contribution in [1.82, 2.24) is 9.88 Å². The second-order valence-electron chi connectivity index (χ2n) is 6.71. The number of aromatic nitrogens is 1. The zero-order valence-electron chi connectivity index (χ0n) is 13.8. The maximum Gasteiger partial charge on any atom is 0.410 e. The van der Waals surface area contributed by atoms with Gasteiger partial charge in [0.25, 0.3) is 0 Å². The van der Waals surface area contributed by atoms with Crippen molar-refractivity contribution in [3.8, 4) is 5.88 Å². The molecule has 0 saturated carbocycles. The molecule has 1 fully saturated rings. The van der Waals surface area contributed by atoms with Crippen LogP contribution < -0.4 is 10.5 Å². The average Bonchev–Trinajstić information content (AvgIpc) is 2.46. The lowest BCUT2D eigenvalue weighted by Gasteiger charge is -2.39. The van der Waals surface area contributed by atoms with E-state index in [0.29, 0.717) is 31.8 Å². The minimum absolute atomic E-state index is 0.276. The Morgan fingerprint density at radius 2 is 1.95 bits per heavy atom. The Bertz CT molecular complexity index is 514. The highest BCUT2D eigenvalue weighted by atomic mass is 16.6. The van der Waals surface area contributed by atoms with Crippen LogP contribution in [0.4, 0.5) is 4.79 Å². The van der Waals surface area contributed by atoms with Gasteiger partial charge in [-0.1, -0.05) is 6.07 Å². The Hall–Kier alpha value is -1.82. The molecule has 6 heteroatoms. The first kappa shape index (κ1) is 16.5. The zero-order chi connectivity index (χ0) is 16.4. The Kier molecular flexibility index (Phi) is 4.60. The number of piperidine rings is 1. The molecule has 1 aliphatic heterocycles. The summed E-state index contributed by atoms with van der Waals surface area (Å²) >= 11 is 0. The van der Waals surface area contributed by atoms with Crippen molar-refractivity contribution >= 4 is 6.09 Å². The SMILES string of the molecule is COc1ccc(C2(N)CCN(C(=O)OC(C)(C)C)CC2)cn1. The van der Waals surface area contributed by atoms with E-state index >= 15 is 0 Å². The molecular formula is C16H25N3O3. The van der Waals surface area contributed by atoms with Crippen LogP contribution in [0.1, 0.15) is 39.2 Å². The predicted octanol–water partition coefficient (Wildman–Crippen LogP) is 2.28. The molecule has 2 rings (SSSR count). The van der Waals surface area contributed by atoms with Crippen LogP contribution >= 0.6 is 0 Å². The van der Waals surface area contributed by atoms with Gasteiger partial charge in [-0.2, -0.15) is 0 Å². The highest BCUT2D eigenvalue weighted by Gasteiger charge is 2.35. The average molecular weight is 307 g/mol. The molecule has 2 heterocycles. The van der Waals surface area contributed by atoms with Gasteiger partial charge < -0.3 is 20.1 Å². The first-order chi connectivity index (χ1) is 10.2. The van der Waals surface area contributed by atoms with Gasteiger partial charge in [-0.3, -0.25) is 0 Å². The Morgan fingerprint density at radius 3 is 2.41 bits per heavy atom. The van der Waals surface area contributed by atoms with Gasteiger partial charge in [-0.25, -0.2) is 9.78 Å². The van der Waals surface area contributed by atoms with E-state index in [-0.39, 0.29) is 6.09 Å². The van der Waals surface area contributed by atoms with E-state index in [1.54, 1.807) is 18.2 Å². The van der Waals surface area contributed by atoms with Crippen LogP contribution in [0, 0.1) is 0 Å². The number of amides is 1. The summed E-state index contributed by atoms with van der Waals surface area (Å²) in [6.45, 7) is 6.76. The minimum Gasteiger partial charge on any atom is -0.481 e. The van der Waals surface area contributed by atoms with Crippen molar-refractivity contribution in [2.24, 2.45) is 5.73 Å². The maximum atomic E-state index is 12.1. The summed E-state index contributed by atoms with van der Waals surface area (Å²) < 4.78 is 10.5. The number of likely N-dealkylation sites (tertiary alicyclic amines) is 1. The standard InChI is InChI=1S/C16H25N3O3/c1-15(2,3)22-14(20)19-9-7-16(17,8-10-19)12-5-6-13(21-4)18-11-12/h5-6,11H,7-10,17H2,1-4H3. The fourth-order valence-corrected chi connectivity index (χ4v) is 2.50. The number of pyridine rings is 1. The summed E-state index contributed by atoms with van der Waals surface area (Å²) in [6, 6.07) is 3.75. The first-order valence-electron chi connectivity index (χ1n) is 7.51. The van der Waals surface area contributed by atoms with E-state index in [0.717, 1.165) is 5.56 Å². The van der Waals surface area contributed by atoms with Crippen LogP contribution in [0.2, 0.25) is 0 Å². The van der Waals surface area contributed by atoms with Crippen LogP contribution in [0.5, 0.6) is 5.88 Å². The summed E-state index contributed by atoms with van der Waals surface area (Å²) in [5, 5.41) is 0. The first-order valence-corrected chi connectivity index (χ1v) is 7.51. The smallest absolute Gasteiger partial charge is 0.410 e. The molecule has 1 aromatic heterocycles. The third-order valence-corrected chi connectivity index (χ3v) is 3.83. The van der Waals surface area contributed by atoms with Gasteiger partial charge >= 0.3 is 6.09 Å². The number of nitrogens with zero attached hydrogens (tertiary/aromatic N) is 2. The molecule has 1 aromatic rings.